The molecule has 0 aliphatic rings. The minimum absolute atomic E-state index is 0.673. The predicted octanol–water partition coefficient (Wildman–Crippen LogP) is 2.15. The average Bonchev–Trinajstić information content (AvgIpc) is 2.67. The van der Waals surface area contributed by atoms with E-state index < -0.39 is 0 Å². The van der Waals surface area contributed by atoms with Gasteiger partial charge in [0, 0.05) is 5.56 Å². The van der Waals surface area contributed by atoms with Gasteiger partial charge in [-0.05, 0) is 37.6 Å². The molecule has 0 aliphatic carbocycles. The van der Waals surface area contributed by atoms with Crippen LogP contribution in [0.3, 0.4) is 0 Å². The van der Waals surface area contributed by atoms with Crippen molar-refractivity contribution in [3.05, 3.63) is 41.8 Å². The smallest absolute Gasteiger partial charge is 0.226 e. The molecule has 0 saturated carbocycles. The molecule has 15 heavy (non-hydrogen) atoms. The number of benzene rings is 1. The van der Waals surface area contributed by atoms with Crippen LogP contribution in [-0.2, 0) is 6.42 Å². The topological polar surface area (TPSA) is 52.0 Å². The first-order valence-electron chi connectivity index (χ1n) is 5.01. The van der Waals surface area contributed by atoms with E-state index in [1.165, 1.54) is 5.56 Å². The van der Waals surface area contributed by atoms with Crippen molar-refractivity contribution in [3.63, 3.8) is 0 Å². The maximum atomic E-state index is 5.48. The lowest BCUT2D eigenvalue weighted by molar-refractivity contribution is 0.542. The molecule has 3 heteroatoms. The van der Waals surface area contributed by atoms with E-state index in [0.717, 1.165) is 17.7 Å². The first kappa shape index (κ1) is 9.93. The van der Waals surface area contributed by atoms with E-state index in [1.807, 2.05) is 19.1 Å². The van der Waals surface area contributed by atoms with E-state index in [0.29, 0.717) is 12.4 Å². The highest BCUT2D eigenvalue weighted by Gasteiger charge is 2.03. The van der Waals surface area contributed by atoms with Crippen LogP contribution in [0.2, 0.25) is 0 Å². The van der Waals surface area contributed by atoms with Crippen LogP contribution in [0.4, 0.5) is 0 Å². The third-order valence-corrected chi connectivity index (χ3v) is 2.26. The summed E-state index contributed by atoms with van der Waals surface area (Å²) in [6.45, 7) is 2.57. The standard InChI is InChI=1S/C12H14N2O/c1-9-8-14-12(15-9)11-4-2-10(3-5-11)6-7-13/h2-5,8H,6-7,13H2,1H3. The molecule has 0 unspecified atom stereocenters. The van der Waals surface area contributed by atoms with Gasteiger partial charge < -0.3 is 10.2 Å². The fourth-order valence-electron chi connectivity index (χ4n) is 1.47. The normalized spacial score (nSPS) is 10.5. The van der Waals surface area contributed by atoms with Gasteiger partial charge in [-0.3, -0.25) is 0 Å². The van der Waals surface area contributed by atoms with Gasteiger partial charge in [0.2, 0.25) is 5.89 Å². The highest BCUT2D eigenvalue weighted by atomic mass is 16.4. The van der Waals surface area contributed by atoms with E-state index in [-0.39, 0.29) is 0 Å². The van der Waals surface area contributed by atoms with Crippen molar-refractivity contribution in [3.8, 4) is 11.5 Å². The molecule has 2 rings (SSSR count). The van der Waals surface area contributed by atoms with E-state index in [1.54, 1.807) is 6.20 Å². The average molecular weight is 202 g/mol. The second-order valence-corrected chi connectivity index (χ2v) is 3.51. The van der Waals surface area contributed by atoms with Gasteiger partial charge in [0.05, 0.1) is 6.20 Å². The number of nitrogens with two attached hydrogens (primary N) is 1. The van der Waals surface area contributed by atoms with Crippen molar-refractivity contribution in [2.75, 3.05) is 6.54 Å². The summed E-state index contributed by atoms with van der Waals surface area (Å²) in [6, 6.07) is 8.13. The summed E-state index contributed by atoms with van der Waals surface area (Å²) in [5, 5.41) is 0. The second-order valence-electron chi connectivity index (χ2n) is 3.51. The number of hydrogen-bond donors (Lipinski definition) is 1. The quantitative estimate of drug-likeness (QED) is 0.829. The molecule has 0 aliphatic heterocycles. The van der Waals surface area contributed by atoms with Gasteiger partial charge in [-0.15, -0.1) is 0 Å². The molecule has 3 nitrogen and oxygen atoms in total. The lowest BCUT2D eigenvalue weighted by Crippen LogP contribution is -2.02. The highest BCUT2D eigenvalue weighted by Crippen LogP contribution is 2.19. The van der Waals surface area contributed by atoms with Crippen LogP contribution in [0.25, 0.3) is 11.5 Å². The molecule has 1 aromatic heterocycles. The highest BCUT2D eigenvalue weighted by molar-refractivity contribution is 5.53. The van der Waals surface area contributed by atoms with E-state index in [9.17, 15) is 0 Å². The lowest BCUT2D eigenvalue weighted by Gasteiger charge is -1.99. The summed E-state index contributed by atoms with van der Waals surface area (Å²) in [4.78, 5) is 4.17. The summed E-state index contributed by atoms with van der Waals surface area (Å²) in [5.74, 6) is 1.50. The monoisotopic (exact) mass is 202 g/mol. The number of nitrogens with zero attached hydrogens (tertiary/aromatic N) is 1. The molecule has 78 valence electrons. The predicted molar refractivity (Wildman–Crippen MR) is 59.4 cm³/mol. The summed E-state index contributed by atoms with van der Waals surface area (Å²) >= 11 is 0. The van der Waals surface area contributed by atoms with Crippen LogP contribution in [0.15, 0.2) is 34.9 Å². The summed E-state index contributed by atoms with van der Waals surface area (Å²) in [6.07, 6.45) is 2.63. The molecule has 0 saturated heterocycles. The first-order valence-corrected chi connectivity index (χ1v) is 5.01. The van der Waals surface area contributed by atoms with Crippen molar-refractivity contribution >= 4 is 0 Å². The Balaban J connectivity index is 2.23. The van der Waals surface area contributed by atoms with E-state index in [4.69, 9.17) is 10.2 Å². The second kappa shape index (κ2) is 4.28. The Kier molecular flexibility index (Phi) is 2.83. The Labute approximate surface area is 88.9 Å². The lowest BCUT2D eigenvalue weighted by atomic mass is 10.1. The SMILES string of the molecule is Cc1cnc(-c2ccc(CCN)cc2)o1. The molecule has 0 bridgehead atoms. The van der Waals surface area contributed by atoms with Gasteiger partial charge in [-0.2, -0.15) is 0 Å². The minimum Gasteiger partial charge on any atom is -0.441 e. The fraction of sp³-hybridized carbons (Fsp3) is 0.250. The van der Waals surface area contributed by atoms with Crippen molar-refractivity contribution < 1.29 is 4.42 Å². The molecular formula is C12H14N2O. The van der Waals surface area contributed by atoms with Crippen LogP contribution in [-0.4, -0.2) is 11.5 Å². The Morgan fingerprint density at radius 3 is 2.53 bits per heavy atom. The van der Waals surface area contributed by atoms with Gasteiger partial charge in [-0.25, -0.2) is 4.98 Å². The number of oxazole rings is 1. The van der Waals surface area contributed by atoms with Crippen LogP contribution in [0.1, 0.15) is 11.3 Å². The zero-order chi connectivity index (χ0) is 10.7. The third kappa shape index (κ3) is 2.25. The number of hydrogen-bond acceptors (Lipinski definition) is 3. The number of aryl methyl sites for hydroxylation is 1. The van der Waals surface area contributed by atoms with Crippen molar-refractivity contribution in [2.45, 2.75) is 13.3 Å². The van der Waals surface area contributed by atoms with Crippen molar-refractivity contribution in [1.29, 1.82) is 0 Å². The molecule has 1 heterocycles. The molecule has 2 aromatic rings. The molecule has 0 spiro atoms. The van der Waals surface area contributed by atoms with Crippen LogP contribution in [0, 0.1) is 6.92 Å². The molecule has 0 fully saturated rings. The maximum absolute atomic E-state index is 5.48. The van der Waals surface area contributed by atoms with Gasteiger partial charge >= 0.3 is 0 Å². The summed E-state index contributed by atoms with van der Waals surface area (Å²) in [7, 11) is 0. The molecule has 0 atom stereocenters. The van der Waals surface area contributed by atoms with E-state index >= 15 is 0 Å². The van der Waals surface area contributed by atoms with Crippen LogP contribution < -0.4 is 5.73 Å². The molecule has 1 aromatic carbocycles. The van der Waals surface area contributed by atoms with Crippen LogP contribution in [0.5, 0.6) is 0 Å². The molecule has 2 N–H and O–H groups in total. The molecule has 0 amide bonds. The Morgan fingerprint density at radius 1 is 1.27 bits per heavy atom. The maximum Gasteiger partial charge on any atom is 0.226 e. The third-order valence-electron chi connectivity index (χ3n) is 2.26. The first-order chi connectivity index (χ1) is 7.29. The number of rotatable bonds is 3. The van der Waals surface area contributed by atoms with Crippen LogP contribution >= 0.6 is 0 Å². The fourth-order valence-corrected chi connectivity index (χ4v) is 1.47. The van der Waals surface area contributed by atoms with Crippen molar-refractivity contribution in [1.82, 2.24) is 4.98 Å². The molecule has 0 radical (unpaired) electrons. The minimum atomic E-state index is 0.673. The summed E-state index contributed by atoms with van der Waals surface area (Å²) < 4.78 is 5.43. The van der Waals surface area contributed by atoms with Gasteiger partial charge in [0.1, 0.15) is 5.76 Å². The summed E-state index contributed by atoms with van der Waals surface area (Å²) in [5.41, 5.74) is 7.73. The van der Waals surface area contributed by atoms with Gasteiger partial charge in [0.25, 0.3) is 0 Å². The van der Waals surface area contributed by atoms with E-state index in [2.05, 4.69) is 17.1 Å². The Morgan fingerprint density at radius 2 is 2.00 bits per heavy atom. The van der Waals surface area contributed by atoms with Crippen molar-refractivity contribution in [2.24, 2.45) is 5.73 Å². The number of aromatic nitrogens is 1. The largest absolute Gasteiger partial charge is 0.441 e. The Bertz CT molecular complexity index is 431. The van der Waals surface area contributed by atoms with Gasteiger partial charge in [0.15, 0.2) is 0 Å². The zero-order valence-electron chi connectivity index (χ0n) is 8.73. The molecular weight excluding hydrogens is 188 g/mol. The van der Waals surface area contributed by atoms with Gasteiger partial charge in [-0.1, -0.05) is 12.1 Å². The Hall–Kier alpha value is -1.61. The zero-order valence-corrected chi connectivity index (χ0v) is 8.73.